The summed E-state index contributed by atoms with van der Waals surface area (Å²) in [5.74, 6) is -3.89. The first-order valence-corrected chi connectivity index (χ1v) is 13.5. The largest absolute Gasteiger partial charge is 0.490 e. The Kier molecular flexibility index (Phi) is 10.3. The minimum Gasteiger partial charge on any atom is -0.478 e. The van der Waals surface area contributed by atoms with E-state index in [0.29, 0.717) is 12.2 Å². The average Bonchev–Trinajstić information content (AvgIpc) is 3.18. The number of benzene rings is 2. The lowest BCUT2D eigenvalue weighted by Gasteiger charge is -2.22. The fraction of sp³-hybridized carbons (Fsp3) is 0.346. The molecular formula is C26H31F3N4O6S. The first-order valence-electron chi connectivity index (χ1n) is 12.0. The maximum absolute atomic E-state index is 12.8. The molecule has 3 rings (SSSR count). The molecule has 0 unspecified atom stereocenters. The van der Waals surface area contributed by atoms with E-state index in [1.807, 2.05) is 36.4 Å². The number of rotatable bonds is 9. The van der Waals surface area contributed by atoms with E-state index in [2.05, 4.69) is 16.7 Å². The van der Waals surface area contributed by atoms with E-state index in [1.54, 1.807) is 31.3 Å². The van der Waals surface area contributed by atoms with E-state index >= 15 is 0 Å². The fourth-order valence-electron chi connectivity index (χ4n) is 3.66. The number of carbonyl (C=O) groups is 2. The normalized spacial score (nSPS) is 11.4. The predicted octanol–water partition coefficient (Wildman–Crippen LogP) is 4.99. The van der Waals surface area contributed by atoms with Gasteiger partial charge in [-0.2, -0.15) is 18.3 Å². The molecule has 0 saturated carbocycles. The van der Waals surface area contributed by atoms with Gasteiger partial charge in [0.05, 0.1) is 34.1 Å². The summed E-state index contributed by atoms with van der Waals surface area (Å²) in [6.45, 7) is 9.00. The van der Waals surface area contributed by atoms with Crippen LogP contribution >= 0.6 is 0 Å². The van der Waals surface area contributed by atoms with Crippen LogP contribution in [0, 0.1) is 20.8 Å². The molecule has 0 bridgehead atoms. The lowest BCUT2D eigenvalue weighted by atomic mass is 10.1. The van der Waals surface area contributed by atoms with Crippen LogP contribution in [0.25, 0.3) is 0 Å². The Morgan fingerprint density at radius 1 is 1.02 bits per heavy atom. The van der Waals surface area contributed by atoms with E-state index in [-0.39, 0.29) is 16.1 Å². The number of aryl methyl sites for hydroxylation is 4. The molecule has 0 radical (unpaired) electrons. The number of hydrogen-bond acceptors (Lipinski definition) is 6. The van der Waals surface area contributed by atoms with Gasteiger partial charge in [-0.1, -0.05) is 13.0 Å². The highest BCUT2D eigenvalue weighted by molar-refractivity contribution is 7.92. The maximum atomic E-state index is 12.8. The van der Waals surface area contributed by atoms with Crippen molar-refractivity contribution in [1.82, 2.24) is 9.78 Å². The Labute approximate surface area is 230 Å². The smallest absolute Gasteiger partial charge is 0.478 e. The molecule has 0 spiro atoms. The van der Waals surface area contributed by atoms with Gasteiger partial charge < -0.3 is 15.1 Å². The van der Waals surface area contributed by atoms with Gasteiger partial charge in [-0.15, -0.1) is 0 Å². The van der Waals surface area contributed by atoms with Gasteiger partial charge in [-0.3, -0.25) is 9.40 Å². The minimum absolute atomic E-state index is 0.0102. The molecular weight excluding hydrogens is 553 g/mol. The van der Waals surface area contributed by atoms with Crippen LogP contribution in [0.2, 0.25) is 0 Å². The molecule has 0 fully saturated rings. The Hall–Kier alpha value is -4.07. The highest BCUT2D eigenvalue weighted by Gasteiger charge is 2.38. The lowest BCUT2D eigenvalue weighted by Crippen LogP contribution is -2.22. The van der Waals surface area contributed by atoms with Crippen molar-refractivity contribution in [2.45, 2.75) is 58.3 Å². The molecule has 0 aliphatic carbocycles. The summed E-state index contributed by atoms with van der Waals surface area (Å²) in [6, 6.07) is 11.4. The molecule has 40 heavy (non-hydrogen) atoms. The number of halogens is 3. The molecule has 3 N–H and O–H groups in total. The molecule has 2 aromatic carbocycles. The van der Waals surface area contributed by atoms with Crippen molar-refractivity contribution in [2.75, 3.05) is 16.7 Å². The molecule has 1 aromatic heterocycles. The highest BCUT2D eigenvalue weighted by Crippen LogP contribution is 2.27. The van der Waals surface area contributed by atoms with Gasteiger partial charge >= 0.3 is 18.1 Å². The van der Waals surface area contributed by atoms with Crippen molar-refractivity contribution in [3.05, 3.63) is 70.5 Å². The van der Waals surface area contributed by atoms with Crippen molar-refractivity contribution in [3.8, 4) is 0 Å². The minimum atomic E-state index is -5.08. The van der Waals surface area contributed by atoms with Gasteiger partial charge in [-0.25, -0.2) is 18.0 Å². The molecule has 0 saturated heterocycles. The third-order valence-electron chi connectivity index (χ3n) is 5.74. The van der Waals surface area contributed by atoms with Crippen molar-refractivity contribution in [2.24, 2.45) is 0 Å². The standard InChI is InChI=1S/C24H30N4O4S.C2HF3O2/c1-6-11-28-20(13-18(4)25-28)15-27(5)23-10-8-19(14-22(23)24(29)30)26-33(31,32)21-9-7-16(2)17(3)12-21;3-2(4,5)1(6)7/h7-10,12-14,26H,6,11,15H2,1-5H3,(H,29,30);(H,6,7). The summed E-state index contributed by atoms with van der Waals surface area (Å²) >= 11 is 0. The van der Waals surface area contributed by atoms with E-state index in [4.69, 9.17) is 9.90 Å². The molecule has 0 amide bonds. The number of aromatic nitrogens is 2. The Morgan fingerprint density at radius 3 is 2.17 bits per heavy atom. The maximum Gasteiger partial charge on any atom is 0.490 e. The topological polar surface area (TPSA) is 142 Å². The number of aliphatic carboxylic acids is 1. The quantitative estimate of drug-likeness (QED) is 0.320. The van der Waals surface area contributed by atoms with Gasteiger partial charge in [-0.05, 0) is 74.7 Å². The van der Waals surface area contributed by atoms with Crippen molar-refractivity contribution in [3.63, 3.8) is 0 Å². The van der Waals surface area contributed by atoms with Crippen LogP contribution in [-0.4, -0.2) is 53.6 Å². The van der Waals surface area contributed by atoms with Crippen molar-refractivity contribution < 1.29 is 41.4 Å². The number of anilines is 2. The number of nitrogens with zero attached hydrogens (tertiary/aromatic N) is 3. The summed E-state index contributed by atoms with van der Waals surface area (Å²) in [6.07, 6.45) is -4.15. The number of hydrogen-bond donors (Lipinski definition) is 3. The summed E-state index contributed by atoms with van der Waals surface area (Å²) < 4.78 is 61.8. The Balaban J connectivity index is 0.000000708. The van der Waals surface area contributed by atoms with Crippen LogP contribution in [0.15, 0.2) is 47.4 Å². The number of carboxylic acids is 2. The third kappa shape index (κ3) is 8.46. The van der Waals surface area contributed by atoms with Gasteiger partial charge in [0.25, 0.3) is 10.0 Å². The molecule has 10 nitrogen and oxygen atoms in total. The van der Waals surface area contributed by atoms with E-state index in [1.165, 1.54) is 12.1 Å². The van der Waals surface area contributed by atoms with Gasteiger partial charge in [0.15, 0.2) is 0 Å². The average molecular weight is 585 g/mol. The van der Waals surface area contributed by atoms with Crippen LogP contribution < -0.4 is 9.62 Å². The number of aromatic carboxylic acids is 1. The zero-order valence-corrected chi connectivity index (χ0v) is 23.4. The number of alkyl halides is 3. The van der Waals surface area contributed by atoms with Crippen molar-refractivity contribution in [1.29, 1.82) is 0 Å². The van der Waals surface area contributed by atoms with Crippen LogP contribution in [0.3, 0.4) is 0 Å². The molecule has 1 heterocycles. The van der Waals surface area contributed by atoms with Crippen LogP contribution in [0.4, 0.5) is 24.5 Å². The van der Waals surface area contributed by atoms with Crippen LogP contribution in [0.1, 0.15) is 46.2 Å². The molecule has 14 heteroatoms. The molecule has 218 valence electrons. The Morgan fingerprint density at radius 2 is 1.65 bits per heavy atom. The summed E-state index contributed by atoms with van der Waals surface area (Å²) in [4.78, 5) is 22.9. The highest BCUT2D eigenvalue weighted by atomic mass is 32.2. The van der Waals surface area contributed by atoms with E-state index in [0.717, 1.165) is 35.5 Å². The van der Waals surface area contributed by atoms with E-state index in [9.17, 15) is 31.5 Å². The summed E-state index contributed by atoms with van der Waals surface area (Å²) in [5, 5.41) is 21.4. The fourth-order valence-corrected chi connectivity index (χ4v) is 4.79. The zero-order valence-electron chi connectivity index (χ0n) is 22.6. The monoisotopic (exact) mass is 584 g/mol. The zero-order chi connectivity index (χ0) is 30.4. The number of sulfonamides is 1. The Bertz CT molecular complexity index is 1490. The summed E-state index contributed by atoms with van der Waals surface area (Å²) in [7, 11) is -2.05. The predicted molar refractivity (Wildman–Crippen MR) is 143 cm³/mol. The van der Waals surface area contributed by atoms with Crippen LogP contribution in [0.5, 0.6) is 0 Å². The second kappa shape index (κ2) is 12.9. The molecule has 0 aliphatic heterocycles. The van der Waals surface area contributed by atoms with E-state index < -0.39 is 28.1 Å². The van der Waals surface area contributed by atoms with Crippen LogP contribution in [-0.2, 0) is 27.9 Å². The van der Waals surface area contributed by atoms with Gasteiger partial charge in [0.1, 0.15) is 0 Å². The van der Waals surface area contributed by atoms with Gasteiger partial charge in [0, 0.05) is 19.3 Å². The number of nitrogens with one attached hydrogen (secondary N) is 1. The molecule has 0 aliphatic rings. The third-order valence-corrected chi connectivity index (χ3v) is 7.12. The van der Waals surface area contributed by atoms with Crippen molar-refractivity contribution >= 4 is 33.3 Å². The molecule has 0 atom stereocenters. The lowest BCUT2D eigenvalue weighted by molar-refractivity contribution is -0.192. The second-order valence-electron chi connectivity index (χ2n) is 9.05. The SMILES string of the molecule is CCCn1nc(C)cc1CN(C)c1ccc(NS(=O)(=O)c2ccc(C)c(C)c2)cc1C(=O)O.O=C(O)C(F)(F)F. The molecule has 3 aromatic rings. The second-order valence-corrected chi connectivity index (χ2v) is 10.7. The first-order chi connectivity index (χ1) is 18.5. The number of carboxylic acid groups (broad SMARTS) is 2. The first kappa shape index (κ1) is 32.1. The van der Waals surface area contributed by atoms with Gasteiger partial charge in [0.2, 0.25) is 0 Å². The summed E-state index contributed by atoms with van der Waals surface area (Å²) in [5.41, 5.74) is 4.42.